The molecule has 1 aromatic rings. The van der Waals surface area contributed by atoms with E-state index in [-0.39, 0.29) is 30.4 Å². The van der Waals surface area contributed by atoms with Crippen molar-refractivity contribution >= 4 is 17.7 Å². The molecule has 198 valence electrons. The summed E-state index contributed by atoms with van der Waals surface area (Å²) in [5.41, 5.74) is -1.12. The minimum atomic E-state index is -1.10. The van der Waals surface area contributed by atoms with Crippen LogP contribution in [0.5, 0.6) is 0 Å². The summed E-state index contributed by atoms with van der Waals surface area (Å²) >= 11 is 0. The summed E-state index contributed by atoms with van der Waals surface area (Å²) in [6, 6.07) is 7.58. The number of rotatable bonds is 11. The molecule has 3 heterocycles. The number of hydrogen-bond acceptors (Lipinski definition) is 5. The average molecular weight is 500 g/mol. The predicted octanol–water partition coefficient (Wildman–Crippen LogP) is 2.71. The molecule has 8 heteroatoms. The monoisotopic (exact) mass is 499 g/mol. The number of benzene rings is 1. The van der Waals surface area contributed by atoms with Gasteiger partial charge in [-0.25, -0.2) is 0 Å². The number of nitrogens with one attached hydrogen (secondary N) is 2. The number of fused-ring (bicyclic) bond motifs is 1. The fourth-order valence-electron chi connectivity index (χ4n) is 6.90. The Morgan fingerprint density at radius 1 is 1.14 bits per heavy atom. The molecule has 3 aliphatic rings. The second-order valence-electron chi connectivity index (χ2n) is 10.7. The van der Waals surface area contributed by atoms with Crippen LogP contribution in [0.3, 0.4) is 0 Å². The van der Waals surface area contributed by atoms with E-state index in [0.29, 0.717) is 25.8 Å². The standard InChI is InChI=1S/C28H41N3O5/c1-5-11-18(4)30-25(34)23-28-15-14-27(7-3,36-28)21(24(33)29-16-6-2)22(28)26(35)31(23)20(17-32)19-12-9-8-10-13-19/h8-10,12-13,18,20-23,32H,5-7,11,14-17H2,1-4H3,(H,29,33)(H,30,34)/t18?,20-,21-,22+,23?,27+,28?/m1/s1. The van der Waals surface area contributed by atoms with Crippen molar-refractivity contribution in [3.05, 3.63) is 35.9 Å². The fourth-order valence-corrected chi connectivity index (χ4v) is 6.90. The van der Waals surface area contributed by atoms with Crippen LogP contribution >= 0.6 is 0 Å². The van der Waals surface area contributed by atoms with Gasteiger partial charge >= 0.3 is 0 Å². The van der Waals surface area contributed by atoms with Crippen LogP contribution in [0.15, 0.2) is 30.3 Å². The lowest BCUT2D eigenvalue weighted by molar-refractivity contribution is -0.151. The molecule has 2 bridgehead atoms. The SMILES string of the molecule is CCCNC(=O)[C@H]1[C@H]2C(=O)N([C@H](CO)c3ccccc3)C(C(=O)NC(C)CCC)C23CC[C@]1(CC)O3. The normalized spacial score (nSPS) is 32.3. The maximum Gasteiger partial charge on any atom is 0.246 e. The van der Waals surface area contributed by atoms with E-state index >= 15 is 0 Å². The highest BCUT2D eigenvalue weighted by Gasteiger charge is 2.79. The van der Waals surface area contributed by atoms with E-state index in [1.54, 1.807) is 0 Å². The number of aliphatic hydroxyl groups excluding tert-OH is 1. The number of carbonyl (C=O) groups excluding carboxylic acids is 3. The molecular formula is C28H41N3O5. The zero-order chi connectivity index (χ0) is 26.1. The van der Waals surface area contributed by atoms with E-state index in [1.807, 2.05) is 51.1 Å². The van der Waals surface area contributed by atoms with Crippen LogP contribution in [0, 0.1) is 11.8 Å². The van der Waals surface area contributed by atoms with Crippen molar-refractivity contribution in [1.82, 2.24) is 15.5 Å². The summed E-state index contributed by atoms with van der Waals surface area (Å²) in [6.45, 7) is 8.18. The van der Waals surface area contributed by atoms with Crippen molar-refractivity contribution in [2.75, 3.05) is 13.2 Å². The molecule has 0 aromatic heterocycles. The molecule has 3 unspecified atom stereocenters. The first-order valence-corrected chi connectivity index (χ1v) is 13.6. The number of likely N-dealkylation sites (tertiary alicyclic amines) is 1. The van der Waals surface area contributed by atoms with Crippen LogP contribution in [-0.4, -0.2) is 64.2 Å². The largest absolute Gasteiger partial charge is 0.394 e. The maximum atomic E-state index is 14.3. The summed E-state index contributed by atoms with van der Waals surface area (Å²) < 4.78 is 6.78. The van der Waals surface area contributed by atoms with Crippen molar-refractivity contribution < 1.29 is 24.2 Å². The second-order valence-corrected chi connectivity index (χ2v) is 10.7. The number of carbonyl (C=O) groups is 3. The van der Waals surface area contributed by atoms with Gasteiger partial charge in [-0.1, -0.05) is 57.5 Å². The summed E-state index contributed by atoms with van der Waals surface area (Å²) in [5.74, 6) is -2.17. The number of hydrogen-bond donors (Lipinski definition) is 3. The van der Waals surface area contributed by atoms with Gasteiger partial charge in [-0.2, -0.15) is 0 Å². The molecule has 3 N–H and O–H groups in total. The zero-order valence-corrected chi connectivity index (χ0v) is 22.0. The first-order chi connectivity index (χ1) is 17.3. The Kier molecular flexibility index (Phi) is 7.76. The molecule has 3 saturated heterocycles. The van der Waals surface area contributed by atoms with Crippen LogP contribution in [-0.2, 0) is 19.1 Å². The van der Waals surface area contributed by atoms with Crippen molar-refractivity contribution in [3.8, 4) is 0 Å². The topological polar surface area (TPSA) is 108 Å². The Labute approximate surface area is 214 Å². The molecule has 0 radical (unpaired) electrons. The second kappa shape index (κ2) is 10.5. The average Bonchev–Trinajstić information content (AvgIpc) is 3.48. The molecule has 3 aliphatic heterocycles. The molecule has 0 aliphatic carbocycles. The molecule has 3 amide bonds. The third kappa shape index (κ3) is 4.12. The third-order valence-corrected chi connectivity index (χ3v) is 8.50. The Balaban J connectivity index is 1.81. The van der Waals surface area contributed by atoms with Crippen LogP contribution < -0.4 is 10.6 Å². The van der Waals surface area contributed by atoms with Gasteiger partial charge in [0.15, 0.2) is 0 Å². The molecule has 36 heavy (non-hydrogen) atoms. The predicted molar refractivity (Wildman–Crippen MR) is 136 cm³/mol. The van der Waals surface area contributed by atoms with Gasteiger partial charge in [-0.15, -0.1) is 0 Å². The van der Waals surface area contributed by atoms with Gasteiger partial charge in [0.05, 0.1) is 30.1 Å². The van der Waals surface area contributed by atoms with Crippen molar-refractivity contribution in [1.29, 1.82) is 0 Å². The quantitative estimate of drug-likeness (QED) is 0.434. The van der Waals surface area contributed by atoms with Crippen molar-refractivity contribution in [2.24, 2.45) is 11.8 Å². The Morgan fingerprint density at radius 2 is 1.86 bits per heavy atom. The lowest BCUT2D eigenvalue weighted by Crippen LogP contribution is -2.57. The van der Waals surface area contributed by atoms with E-state index in [2.05, 4.69) is 17.6 Å². The molecule has 1 aromatic carbocycles. The molecular weight excluding hydrogens is 458 g/mol. The molecule has 1 spiro atoms. The Morgan fingerprint density at radius 3 is 2.47 bits per heavy atom. The van der Waals surface area contributed by atoms with Crippen LogP contribution in [0.4, 0.5) is 0 Å². The summed E-state index contributed by atoms with van der Waals surface area (Å²) in [7, 11) is 0. The van der Waals surface area contributed by atoms with Crippen LogP contribution in [0.25, 0.3) is 0 Å². The molecule has 8 nitrogen and oxygen atoms in total. The van der Waals surface area contributed by atoms with Gasteiger partial charge in [-0.3, -0.25) is 14.4 Å². The minimum Gasteiger partial charge on any atom is -0.394 e. The highest BCUT2D eigenvalue weighted by Crippen LogP contribution is 2.65. The lowest BCUT2D eigenvalue weighted by atomic mass is 9.65. The number of ether oxygens (including phenoxy) is 1. The maximum absolute atomic E-state index is 14.3. The van der Waals surface area contributed by atoms with Crippen molar-refractivity contribution in [3.63, 3.8) is 0 Å². The first-order valence-electron chi connectivity index (χ1n) is 13.6. The van der Waals surface area contributed by atoms with Crippen molar-refractivity contribution in [2.45, 2.75) is 95.5 Å². The highest BCUT2D eigenvalue weighted by molar-refractivity contribution is 5.99. The molecule has 7 atom stereocenters. The molecule has 3 fully saturated rings. The van der Waals surface area contributed by atoms with E-state index in [1.165, 1.54) is 4.90 Å². The summed E-state index contributed by atoms with van der Waals surface area (Å²) in [6.07, 6.45) is 4.25. The van der Waals surface area contributed by atoms with Gasteiger partial charge in [0, 0.05) is 12.6 Å². The Hall–Kier alpha value is -2.45. The molecule has 4 rings (SSSR count). The van der Waals surface area contributed by atoms with Gasteiger partial charge in [0.1, 0.15) is 11.6 Å². The fraction of sp³-hybridized carbons (Fsp3) is 0.679. The number of aliphatic hydroxyl groups is 1. The van der Waals surface area contributed by atoms with Crippen LogP contribution in [0.1, 0.15) is 77.8 Å². The Bertz CT molecular complexity index is 971. The van der Waals surface area contributed by atoms with Crippen LogP contribution in [0.2, 0.25) is 0 Å². The summed E-state index contributed by atoms with van der Waals surface area (Å²) in [4.78, 5) is 43.2. The smallest absolute Gasteiger partial charge is 0.246 e. The third-order valence-electron chi connectivity index (χ3n) is 8.50. The minimum absolute atomic E-state index is 0.0680. The highest BCUT2D eigenvalue weighted by atomic mass is 16.5. The number of amides is 3. The van der Waals surface area contributed by atoms with Gasteiger partial charge < -0.3 is 25.4 Å². The van der Waals surface area contributed by atoms with Gasteiger partial charge in [0.2, 0.25) is 17.7 Å². The van der Waals surface area contributed by atoms with Gasteiger partial charge in [-0.05, 0) is 44.6 Å². The first kappa shape index (κ1) is 26.6. The van der Waals surface area contributed by atoms with E-state index in [0.717, 1.165) is 24.8 Å². The zero-order valence-electron chi connectivity index (χ0n) is 22.0. The van der Waals surface area contributed by atoms with E-state index < -0.39 is 35.1 Å². The van der Waals surface area contributed by atoms with Gasteiger partial charge in [0.25, 0.3) is 0 Å². The molecule has 0 saturated carbocycles. The summed E-state index contributed by atoms with van der Waals surface area (Å²) in [5, 5.41) is 16.6. The van der Waals surface area contributed by atoms with E-state index in [9.17, 15) is 19.5 Å². The number of nitrogens with zero attached hydrogens (tertiary/aromatic N) is 1. The van der Waals surface area contributed by atoms with E-state index in [4.69, 9.17) is 4.74 Å². The lowest BCUT2D eigenvalue weighted by Gasteiger charge is -2.38.